The summed E-state index contributed by atoms with van der Waals surface area (Å²) in [5.41, 5.74) is 0. The molecule has 1 saturated heterocycles. The first-order chi connectivity index (χ1) is 11.3. The van der Waals surface area contributed by atoms with Crippen LogP contribution in [0.25, 0.3) is 0 Å². The van der Waals surface area contributed by atoms with Gasteiger partial charge in [-0.25, -0.2) is 13.4 Å². The molecule has 9 heteroatoms. The van der Waals surface area contributed by atoms with Crippen LogP contribution >= 0.6 is 22.9 Å². The number of hydrogen-bond acceptors (Lipinski definition) is 6. The summed E-state index contributed by atoms with van der Waals surface area (Å²) in [5, 5.41) is 0.590. The number of amides is 1. The highest BCUT2D eigenvalue weighted by molar-refractivity contribution is 7.92. The Hall–Kier alpha value is -1.64. The van der Waals surface area contributed by atoms with E-state index in [9.17, 15) is 13.2 Å². The lowest BCUT2D eigenvalue weighted by molar-refractivity contribution is 0.0751. The fraction of sp³-hybridized carbons (Fsp3) is 0.333. The lowest BCUT2D eigenvalue weighted by atomic mass is 10.3. The van der Waals surface area contributed by atoms with Crippen molar-refractivity contribution in [2.45, 2.75) is 4.21 Å². The summed E-state index contributed by atoms with van der Waals surface area (Å²) in [7, 11) is -3.27. The number of hydrogen-bond donors (Lipinski definition) is 0. The van der Waals surface area contributed by atoms with E-state index >= 15 is 0 Å². The zero-order chi connectivity index (χ0) is 17.3. The highest BCUT2D eigenvalue weighted by atomic mass is 35.5. The van der Waals surface area contributed by atoms with Crippen molar-refractivity contribution in [3.8, 4) is 0 Å². The highest BCUT2D eigenvalue weighted by Gasteiger charge is 2.24. The minimum Gasteiger partial charge on any atom is -0.353 e. The molecule has 0 saturated carbocycles. The molecule has 1 aliphatic heterocycles. The van der Waals surface area contributed by atoms with Crippen LogP contribution in [0.4, 0.5) is 5.82 Å². The van der Waals surface area contributed by atoms with Crippen molar-refractivity contribution < 1.29 is 13.2 Å². The first-order valence-electron chi connectivity index (χ1n) is 7.30. The number of nitrogens with zero attached hydrogens (tertiary/aromatic N) is 3. The quantitative estimate of drug-likeness (QED) is 0.809. The number of rotatable bonds is 3. The fourth-order valence-electron chi connectivity index (χ4n) is 2.48. The number of carbonyl (C=O) groups is 1. The van der Waals surface area contributed by atoms with Crippen LogP contribution in [0.3, 0.4) is 0 Å². The third kappa shape index (κ3) is 3.71. The topological polar surface area (TPSA) is 70.6 Å². The Bertz CT molecular complexity index is 841. The van der Waals surface area contributed by atoms with Gasteiger partial charge in [-0.2, -0.15) is 0 Å². The number of anilines is 1. The molecule has 2 aromatic heterocycles. The van der Waals surface area contributed by atoms with Crippen molar-refractivity contribution in [3.05, 3.63) is 40.4 Å². The Kier molecular flexibility index (Phi) is 4.80. The number of sulfone groups is 1. The zero-order valence-electron chi connectivity index (χ0n) is 13.0. The lowest BCUT2D eigenvalue weighted by Crippen LogP contribution is -2.48. The van der Waals surface area contributed by atoms with E-state index in [0.29, 0.717) is 36.1 Å². The maximum Gasteiger partial charge on any atom is 0.264 e. The first-order valence-corrected chi connectivity index (χ1v) is 10.4. The van der Waals surface area contributed by atoms with E-state index in [1.807, 2.05) is 6.07 Å². The molecule has 0 radical (unpaired) electrons. The number of carbonyl (C=O) groups excluding carboxylic acids is 1. The van der Waals surface area contributed by atoms with Crippen molar-refractivity contribution in [1.82, 2.24) is 9.88 Å². The molecule has 24 heavy (non-hydrogen) atoms. The predicted octanol–water partition coefficient (Wildman–Crippen LogP) is 2.16. The Labute approximate surface area is 149 Å². The van der Waals surface area contributed by atoms with E-state index in [-0.39, 0.29) is 10.1 Å². The van der Waals surface area contributed by atoms with E-state index in [1.165, 1.54) is 6.07 Å². The molecule has 0 atom stereocenters. The Balaban J connectivity index is 1.65. The van der Waals surface area contributed by atoms with Crippen LogP contribution in [0.5, 0.6) is 0 Å². The van der Waals surface area contributed by atoms with Crippen molar-refractivity contribution in [3.63, 3.8) is 0 Å². The van der Waals surface area contributed by atoms with Crippen LogP contribution in [0.2, 0.25) is 5.02 Å². The normalized spacial score (nSPS) is 15.6. The van der Waals surface area contributed by atoms with Crippen molar-refractivity contribution in [2.75, 3.05) is 37.3 Å². The second kappa shape index (κ2) is 6.70. The SMILES string of the molecule is CS(=O)(=O)c1ccc(C(=O)N2CCN(c3ccc(Cl)cn3)CC2)s1. The molecule has 128 valence electrons. The molecular formula is C15H16ClN3O3S2. The van der Waals surface area contributed by atoms with Gasteiger partial charge in [0.05, 0.1) is 9.90 Å². The maximum atomic E-state index is 12.5. The summed E-state index contributed by atoms with van der Waals surface area (Å²) < 4.78 is 23.3. The van der Waals surface area contributed by atoms with Crippen LogP contribution in [-0.2, 0) is 9.84 Å². The molecule has 2 aromatic rings. The van der Waals surface area contributed by atoms with Crippen LogP contribution < -0.4 is 4.90 Å². The Morgan fingerprint density at radius 3 is 2.42 bits per heavy atom. The molecule has 1 aliphatic rings. The molecule has 1 fully saturated rings. The minimum atomic E-state index is -3.27. The van der Waals surface area contributed by atoms with Gasteiger partial charge >= 0.3 is 0 Å². The third-order valence-electron chi connectivity index (χ3n) is 3.76. The standard InChI is InChI=1S/C15H16ClN3O3S2/c1-24(21,22)14-5-3-12(23-14)15(20)19-8-6-18(7-9-19)13-4-2-11(16)10-17-13/h2-5,10H,6-9H2,1H3. The number of halogens is 1. The lowest BCUT2D eigenvalue weighted by Gasteiger charge is -2.35. The second-order valence-corrected chi connectivity index (χ2v) is 9.27. The van der Waals surface area contributed by atoms with Crippen molar-refractivity contribution in [1.29, 1.82) is 0 Å². The average Bonchev–Trinajstić information content (AvgIpc) is 3.05. The third-order valence-corrected chi connectivity index (χ3v) is 6.88. The van der Waals surface area contributed by atoms with Crippen LogP contribution in [0, 0.1) is 0 Å². The molecule has 3 heterocycles. The van der Waals surface area contributed by atoms with Gasteiger partial charge < -0.3 is 9.80 Å². The minimum absolute atomic E-state index is 0.126. The van der Waals surface area contributed by atoms with Crippen LogP contribution in [0.15, 0.2) is 34.7 Å². The molecular weight excluding hydrogens is 370 g/mol. The van der Waals surface area contributed by atoms with Gasteiger partial charge in [-0.1, -0.05) is 11.6 Å². The fourth-order valence-corrected chi connectivity index (χ4v) is 4.49. The average molecular weight is 386 g/mol. The molecule has 0 spiro atoms. The number of pyridine rings is 1. The van der Waals surface area contributed by atoms with E-state index < -0.39 is 9.84 Å². The van der Waals surface area contributed by atoms with Crippen LogP contribution in [0.1, 0.15) is 9.67 Å². The molecule has 3 rings (SSSR count). The monoisotopic (exact) mass is 385 g/mol. The Morgan fingerprint density at radius 2 is 1.88 bits per heavy atom. The molecule has 0 aromatic carbocycles. The Morgan fingerprint density at radius 1 is 1.17 bits per heavy atom. The summed E-state index contributed by atoms with van der Waals surface area (Å²) in [5.74, 6) is 0.709. The predicted molar refractivity (Wildman–Crippen MR) is 94.8 cm³/mol. The largest absolute Gasteiger partial charge is 0.353 e. The maximum absolute atomic E-state index is 12.5. The second-order valence-electron chi connectivity index (χ2n) is 5.50. The zero-order valence-corrected chi connectivity index (χ0v) is 15.4. The molecule has 1 amide bonds. The smallest absolute Gasteiger partial charge is 0.264 e. The van der Waals surface area contributed by atoms with Gasteiger partial charge in [0, 0.05) is 38.6 Å². The summed E-state index contributed by atoms with van der Waals surface area (Å²) in [6.45, 7) is 2.47. The molecule has 0 bridgehead atoms. The van der Waals surface area contributed by atoms with Gasteiger partial charge in [-0.3, -0.25) is 4.79 Å². The highest BCUT2D eigenvalue weighted by Crippen LogP contribution is 2.24. The van der Waals surface area contributed by atoms with Gasteiger partial charge in [0.1, 0.15) is 10.0 Å². The van der Waals surface area contributed by atoms with Gasteiger partial charge in [-0.05, 0) is 24.3 Å². The van der Waals surface area contributed by atoms with Crippen molar-refractivity contribution >= 4 is 44.5 Å². The number of thiophene rings is 1. The summed E-state index contributed by atoms with van der Waals surface area (Å²) in [6, 6.07) is 6.72. The number of piperazine rings is 1. The first kappa shape index (κ1) is 17.2. The van der Waals surface area contributed by atoms with E-state index in [4.69, 9.17) is 11.6 Å². The molecule has 0 aliphatic carbocycles. The summed E-state index contributed by atoms with van der Waals surface area (Å²) in [6.07, 6.45) is 2.75. The number of aromatic nitrogens is 1. The molecule has 6 nitrogen and oxygen atoms in total. The summed E-state index contributed by atoms with van der Waals surface area (Å²) >= 11 is 6.86. The van der Waals surface area contributed by atoms with Crippen molar-refractivity contribution in [2.24, 2.45) is 0 Å². The molecule has 0 unspecified atom stereocenters. The molecule has 0 N–H and O–H groups in total. The van der Waals surface area contributed by atoms with E-state index in [1.54, 1.807) is 23.2 Å². The summed E-state index contributed by atoms with van der Waals surface area (Å²) in [4.78, 5) is 21.1. The van der Waals surface area contributed by atoms with E-state index in [0.717, 1.165) is 23.4 Å². The van der Waals surface area contributed by atoms with Gasteiger partial charge in [0.25, 0.3) is 5.91 Å². The van der Waals surface area contributed by atoms with Gasteiger partial charge in [0.15, 0.2) is 9.84 Å². The van der Waals surface area contributed by atoms with Gasteiger partial charge in [0.2, 0.25) is 0 Å². The van der Waals surface area contributed by atoms with Crippen LogP contribution in [-0.4, -0.2) is 56.6 Å². The van der Waals surface area contributed by atoms with E-state index in [2.05, 4.69) is 9.88 Å². The van der Waals surface area contributed by atoms with Gasteiger partial charge in [-0.15, -0.1) is 11.3 Å².